The maximum Gasteiger partial charge on any atom is 0.256 e. The van der Waals surface area contributed by atoms with Crippen LogP contribution in [0.2, 0.25) is 0 Å². The molecule has 1 unspecified atom stereocenters. The maximum absolute atomic E-state index is 13.2. The number of para-hydroxylation sites is 1. The number of imidazole rings is 1. The first-order valence-electron chi connectivity index (χ1n) is 12.5. The Morgan fingerprint density at radius 3 is 2.76 bits per heavy atom. The van der Waals surface area contributed by atoms with Crippen molar-refractivity contribution in [2.24, 2.45) is 0 Å². The number of hydrogen-bond acceptors (Lipinski definition) is 7. The van der Waals surface area contributed by atoms with Crippen molar-refractivity contribution in [3.63, 3.8) is 0 Å². The Hall–Kier alpha value is -4.31. The fraction of sp³-hybridized carbons (Fsp3) is 0.296. The zero-order valence-electron chi connectivity index (χ0n) is 20.8. The Bertz CT molecular complexity index is 1570. The first-order chi connectivity index (χ1) is 18.1. The summed E-state index contributed by atoms with van der Waals surface area (Å²) in [7, 11) is 0. The molecule has 0 radical (unpaired) electrons. The largest absolute Gasteiger partial charge is 0.378 e. The second-order valence-electron chi connectivity index (χ2n) is 9.27. The molecule has 0 spiro atoms. The molecular weight excluding hydrogens is 468 g/mol. The number of anilines is 1. The van der Waals surface area contributed by atoms with E-state index in [2.05, 4.69) is 44.3 Å². The summed E-state index contributed by atoms with van der Waals surface area (Å²) in [5, 5.41) is 11.7. The van der Waals surface area contributed by atoms with Crippen LogP contribution in [0.1, 0.15) is 30.6 Å². The second-order valence-corrected chi connectivity index (χ2v) is 9.27. The van der Waals surface area contributed by atoms with Crippen molar-refractivity contribution in [1.82, 2.24) is 35.0 Å². The molecule has 5 aromatic rings. The third-order valence-corrected chi connectivity index (χ3v) is 6.79. The average molecular weight is 497 g/mol. The van der Waals surface area contributed by atoms with E-state index in [1.54, 1.807) is 6.20 Å². The van der Waals surface area contributed by atoms with Gasteiger partial charge in [0.05, 0.1) is 29.7 Å². The SMILES string of the molecule is CCC(C)Nc1ccc(-c2cnc3n[nH]c(-c4nc5c(C(=O)N6CCOCC6)cccc5[nH]4)c3c2)cn1. The molecule has 3 N–H and O–H groups in total. The van der Waals surface area contributed by atoms with Crippen LogP contribution in [0.4, 0.5) is 5.82 Å². The standard InChI is InChI=1S/C27H28N8O2/c1-3-16(2)30-22-8-7-17(14-28-22)18-13-20-24(33-34-25(20)29-15-18)26-31-21-6-4-5-19(23(21)32-26)27(36)35-9-11-37-12-10-35/h4-8,13-16H,3,9-12H2,1-2H3,(H,28,30)(H,31,32)(H,29,33,34). The first-order valence-corrected chi connectivity index (χ1v) is 12.5. The quantitative estimate of drug-likeness (QED) is 0.321. The zero-order valence-corrected chi connectivity index (χ0v) is 20.8. The van der Waals surface area contributed by atoms with Gasteiger partial charge in [-0.1, -0.05) is 13.0 Å². The molecule has 188 valence electrons. The topological polar surface area (TPSA) is 125 Å². The number of H-pyrrole nitrogens is 2. The van der Waals surface area contributed by atoms with Crippen molar-refractivity contribution < 1.29 is 9.53 Å². The highest BCUT2D eigenvalue weighted by molar-refractivity contribution is 6.06. The van der Waals surface area contributed by atoms with Gasteiger partial charge in [0.1, 0.15) is 17.0 Å². The normalized spacial score (nSPS) is 14.8. The molecule has 1 amide bonds. The minimum absolute atomic E-state index is 0.0378. The molecule has 1 fully saturated rings. The fourth-order valence-corrected chi connectivity index (χ4v) is 4.50. The molecule has 5 heterocycles. The molecule has 10 heteroatoms. The van der Waals surface area contributed by atoms with Crippen LogP contribution in [-0.4, -0.2) is 73.3 Å². The van der Waals surface area contributed by atoms with E-state index in [1.165, 1.54) is 0 Å². The van der Waals surface area contributed by atoms with Crippen LogP contribution < -0.4 is 5.32 Å². The number of nitrogens with zero attached hydrogens (tertiary/aromatic N) is 5. The van der Waals surface area contributed by atoms with Gasteiger partial charge in [-0.05, 0) is 43.7 Å². The van der Waals surface area contributed by atoms with Crippen LogP contribution in [0.5, 0.6) is 0 Å². The number of amides is 1. The van der Waals surface area contributed by atoms with Crippen molar-refractivity contribution in [2.75, 3.05) is 31.6 Å². The molecule has 37 heavy (non-hydrogen) atoms. The van der Waals surface area contributed by atoms with Gasteiger partial charge in [-0.15, -0.1) is 0 Å². The minimum Gasteiger partial charge on any atom is -0.378 e. The number of pyridine rings is 2. The zero-order chi connectivity index (χ0) is 25.4. The number of morpholine rings is 1. The van der Waals surface area contributed by atoms with Crippen LogP contribution in [0, 0.1) is 0 Å². The fourth-order valence-electron chi connectivity index (χ4n) is 4.50. The Labute approximate surface area is 213 Å². The monoisotopic (exact) mass is 496 g/mol. The molecule has 1 aliphatic heterocycles. The lowest BCUT2D eigenvalue weighted by atomic mass is 10.1. The Balaban J connectivity index is 1.34. The molecule has 0 saturated carbocycles. The van der Waals surface area contributed by atoms with Gasteiger partial charge in [-0.3, -0.25) is 9.89 Å². The van der Waals surface area contributed by atoms with E-state index in [0.717, 1.165) is 34.3 Å². The van der Waals surface area contributed by atoms with Gasteiger partial charge in [-0.2, -0.15) is 5.10 Å². The highest BCUT2D eigenvalue weighted by Crippen LogP contribution is 2.30. The molecule has 0 aliphatic carbocycles. The highest BCUT2D eigenvalue weighted by Gasteiger charge is 2.23. The molecule has 1 aliphatic rings. The summed E-state index contributed by atoms with van der Waals surface area (Å²) in [6.45, 7) is 6.53. The van der Waals surface area contributed by atoms with Crippen LogP contribution in [0.3, 0.4) is 0 Å². The first kappa shape index (κ1) is 23.1. The van der Waals surface area contributed by atoms with Crippen LogP contribution in [-0.2, 0) is 4.74 Å². The summed E-state index contributed by atoms with van der Waals surface area (Å²) in [5.74, 6) is 1.41. The Kier molecular flexibility index (Phi) is 6.01. The Morgan fingerprint density at radius 2 is 1.97 bits per heavy atom. The summed E-state index contributed by atoms with van der Waals surface area (Å²) in [5.41, 5.74) is 5.18. The minimum atomic E-state index is -0.0378. The molecule has 6 rings (SSSR count). The van der Waals surface area contributed by atoms with Gasteiger partial charge < -0.3 is 19.9 Å². The van der Waals surface area contributed by atoms with Crippen molar-refractivity contribution >= 4 is 33.8 Å². The number of carbonyl (C=O) groups is 1. The van der Waals surface area contributed by atoms with E-state index in [-0.39, 0.29) is 5.91 Å². The summed E-state index contributed by atoms with van der Waals surface area (Å²) >= 11 is 0. The molecule has 0 bridgehead atoms. The molecular formula is C27H28N8O2. The number of aromatic nitrogens is 6. The smallest absolute Gasteiger partial charge is 0.256 e. The number of benzene rings is 1. The number of aromatic amines is 2. The lowest BCUT2D eigenvalue weighted by molar-refractivity contribution is 0.0304. The molecule has 1 saturated heterocycles. The lowest BCUT2D eigenvalue weighted by Crippen LogP contribution is -2.40. The summed E-state index contributed by atoms with van der Waals surface area (Å²) < 4.78 is 5.39. The Morgan fingerprint density at radius 1 is 1.14 bits per heavy atom. The molecule has 4 aromatic heterocycles. The van der Waals surface area contributed by atoms with Crippen molar-refractivity contribution in [1.29, 1.82) is 0 Å². The number of rotatable bonds is 6. The molecule has 10 nitrogen and oxygen atoms in total. The van der Waals surface area contributed by atoms with Crippen molar-refractivity contribution in [3.05, 3.63) is 54.4 Å². The van der Waals surface area contributed by atoms with E-state index < -0.39 is 0 Å². The van der Waals surface area contributed by atoms with Gasteiger partial charge in [0.15, 0.2) is 11.5 Å². The third-order valence-electron chi connectivity index (χ3n) is 6.79. The summed E-state index contributed by atoms with van der Waals surface area (Å²) in [6.07, 6.45) is 4.67. The number of carbonyl (C=O) groups excluding carboxylic acids is 1. The van der Waals surface area contributed by atoms with Gasteiger partial charge in [0.2, 0.25) is 0 Å². The van der Waals surface area contributed by atoms with Crippen LogP contribution >= 0.6 is 0 Å². The summed E-state index contributed by atoms with van der Waals surface area (Å²) in [4.78, 5) is 32.3. The van der Waals surface area contributed by atoms with E-state index in [0.29, 0.717) is 60.6 Å². The number of nitrogens with one attached hydrogen (secondary N) is 3. The number of hydrogen-bond donors (Lipinski definition) is 3. The van der Waals surface area contributed by atoms with Gasteiger partial charge in [0, 0.05) is 42.7 Å². The van der Waals surface area contributed by atoms with E-state index >= 15 is 0 Å². The predicted molar refractivity (Wildman–Crippen MR) is 142 cm³/mol. The molecule has 1 atom stereocenters. The number of fused-ring (bicyclic) bond motifs is 2. The van der Waals surface area contributed by atoms with Gasteiger partial charge >= 0.3 is 0 Å². The highest BCUT2D eigenvalue weighted by atomic mass is 16.5. The van der Waals surface area contributed by atoms with E-state index in [9.17, 15) is 4.79 Å². The van der Waals surface area contributed by atoms with Crippen LogP contribution in [0.15, 0.2) is 48.8 Å². The summed E-state index contributed by atoms with van der Waals surface area (Å²) in [6, 6.07) is 12.0. The van der Waals surface area contributed by atoms with Crippen molar-refractivity contribution in [3.8, 4) is 22.6 Å². The van der Waals surface area contributed by atoms with Crippen LogP contribution in [0.25, 0.3) is 44.7 Å². The van der Waals surface area contributed by atoms with Gasteiger partial charge in [-0.25, -0.2) is 15.0 Å². The predicted octanol–water partition coefficient (Wildman–Crippen LogP) is 4.25. The number of ether oxygens (including phenoxy) is 1. The average Bonchev–Trinajstić information content (AvgIpc) is 3.57. The van der Waals surface area contributed by atoms with E-state index in [4.69, 9.17) is 9.72 Å². The van der Waals surface area contributed by atoms with E-state index in [1.807, 2.05) is 47.5 Å². The van der Waals surface area contributed by atoms with Gasteiger partial charge in [0.25, 0.3) is 5.91 Å². The maximum atomic E-state index is 13.2. The lowest BCUT2D eigenvalue weighted by Gasteiger charge is -2.26. The van der Waals surface area contributed by atoms with Crippen molar-refractivity contribution in [2.45, 2.75) is 26.3 Å². The molecule has 1 aromatic carbocycles. The third kappa shape index (κ3) is 4.40. The second kappa shape index (κ2) is 9.62.